The predicted octanol–water partition coefficient (Wildman–Crippen LogP) is 4.00. The largest absolute Gasteiger partial charge is 0.396 e. The highest BCUT2D eigenvalue weighted by Crippen LogP contribution is 2.46. The molecule has 1 fully saturated rings. The molecular weight excluding hydrogens is 530 g/mol. The third-order valence-electron chi connectivity index (χ3n) is 7.71. The molecule has 0 unspecified atom stereocenters. The zero-order valence-corrected chi connectivity index (χ0v) is 23.3. The Kier molecular flexibility index (Phi) is 8.35. The van der Waals surface area contributed by atoms with Crippen LogP contribution in [0.3, 0.4) is 0 Å². The number of hydrogen-bond donors (Lipinski definition) is 2. The van der Waals surface area contributed by atoms with E-state index in [0.717, 1.165) is 36.3 Å². The molecule has 2 amide bonds. The number of carbonyl (C=O) groups is 2. The van der Waals surface area contributed by atoms with Crippen molar-refractivity contribution in [2.75, 3.05) is 23.0 Å². The molecule has 2 atom stereocenters. The number of halogens is 1. The Morgan fingerprint density at radius 3 is 2.70 bits per heavy atom. The summed E-state index contributed by atoms with van der Waals surface area (Å²) in [5.41, 5.74) is 1.84. The molecule has 3 aromatic rings. The van der Waals surface area contributed by atoms with Crippen LogP contribution in [0.2, 0.25) is 5.02 Å². The van der Waals surface area contributed by atoms with Crippen LogP contribution in [0.15, 0.2) is 60.8 Å². The number of aromatic nitrogens is 3. The molecule has 2 aliphatic rings. The number of allylic oxidation sites excluding steroid dienone is 1. The minimum absolute atomic E-state index is 0.0240. The predicted molar refractivity (Wildman–Crippen MR) is 153 cm³/mol. The van der Waals surface area contributed by atoms with E-state index in [-0.39, 0.29) is 19.1 Å². The van der Waals surface area contributed by atoms with Gasteiger partial charge in [0.15, 0.2) is 5.60 Å². The van der Waals surface area contributed by atoms with Crippen LogP contribution in [-0.2, 0) is 34.7 Å². The smallest absolute Gasteiger partial charge is 0.264 e. The highest BCUT2D eigenvalue weighted by atomic mass is 35.5. The average Bonchev–Trinajstić information content (AvgIpc) is 3.49. The second-order valence-electron chi connectivity index (χ2n) is 10.4. The van der Waals surface area contributed by atoms with Crippen molar-refractivity contribution in [3.05, 3.63) is 82.7 Å². The van der Waals surface area contributed by atoms with Crippen LogP contribution in [0.4, 0.5) is 11.4 Å². The summed E-state index contributed by atoms with van der Waals surface area (Å²) in [7, 11) is 0. The lowest BCUT2D eigenvalue weighted by atomic mass is 9.83. The van der Waals surface area contributed by atoms with Gasteiger partial charge >= 0.3 is 0 Å². The van der Waals surface area contributed by atoms with Gasteiger partial charge in [-0.25, -0.2) is 0 Å². The SMILES string of the molecule is C[C@H](/C=C/CCn1cc(CCO)nn1)[C@@]1(O)C(=O)N(Cc2ccc(N3CCCCC3=O)cc2)c2ccc(Cl)cc21. The van der Waals surface area contributed by atoms with Crippen LogP contribution in [-0.4, -0.2) is 50.2 Å². The van der Waals surface area contributed by atoms with Crippen LogP contribution in [0.5, 0.6) is 0 Å². The lowest BCUT2D eigenvalue weighted by molar-refractivity contribution is -0.139. The Balaban J connectivity index is 1.31. The summed E-state index contributed by atoms with van der Waals surface area (Å²) in [6, 6.07) is 12.9. The number of nitrogens with zero attached hydrogens (tertiary/aromatic N) is 5. The molecule has 0 radical (unpaired) electrons. The van der Waals surface area contributed by atoms with Crippen molar-refractivity contribution in [2.45, 2.75) is 57.7 Å². The molecule has 2 N–H and O–H groups in total. The number of amides is 2. The Bertz CT molecular complexity index is 1410. The summed E-state index contributed by atoms with van der Waals surface area (Å²) in [6.07, 6.45) is 9.16. The van der Waals surface area contributed by atoms with Crippen LogP contribution in [0, 0.1) is 5.92 Å². The van der Waals surface area contributed by atoms with E-state index in [1.807, 2.05) is 48.2 Å². The highest BCUT2D eigenvalue weighted by molar-refractivity contribution is 6.31. The van der Waals surface area contributed by atoms with E-state index < -0.39 is 17.4 Å². The second kappa shape index (κ2) is 11.9. The first-order chi connectivity index (χ1) is 19.3. The van der Waals surface area contributed by atoms with Gasteiger partial charge in [0, 0.05) is 60.9 Å². The number of carbonyl (C=O) groups excluding carboxylic acids is 2. The molecule has 10 heteroatoms. The van der Waals surface area contributed by atoms with Crippen LogP contribution in [0.1, 0.15) is 49.4 Å². The van der Waals surface area contributed by atoms with Crippen molar-refractivity contribution in [1.82, 2.24) is 15.0 Å². The lowest BCUT2D eigenvalue weighted by Crippen LogP contribution is -2.44. The van der Waals surface area contributed by atoms with E-state index in [1.165, 1.54) is 0 Å². The number of aryl methyl sites for hydroxylation is 1. The highest BCUT2D eigenvalue weighted by Gasteiger charge is 2.52. The first-order valence-corrected chi connectivity index (χ1v) is 14.1. The van der Waals surface area contributed by atoms with Crippen molar-refractivity contribution in [3.8, 4) is 0 Å². The molecule has 2 aliphatic heterocycles. The molecule has 2 aromatic carbocycles. The molecule has 9 nitrogen and oxygen atoms in total. The van der Waals surface area contributed by atoms with E-state index in [2.05, 4.69) is 10.3 Å². The average molecular weight is 564 g/mol. The molecule has 0 spiro atoms. The normalized spacial score (nSPS) is 20.0. The Morgan fingerprint density at radius 1 is 1.15 bits per heavy atom. The zero-order valence-electron chi connectivity index (χ0n) is 22.5. The number of benzene rings is 2. The first kappa shape index (κ1) is 28.0. The van der Waals surface area contributed by atoms with Gasteiger partial charge < -0.3 is 20.0 Å². The number of hydrogen-bond acceptors (Lipinski definition) is 6. The minimum Gasteiger partial charge on any atom is -0.396 e. The van der Waals surface area contributed by atoms with Crippen molar-refractivity contribution >= 4 is 34.8 Å². The van der Waals surface area contributed by atoms with Crippen LogP contribution in [0.25, 0.3) is 0 Å². The maximum Gasteiger partial charge on any atom is 0.264 e. The lowest BCUT2D eigenvalue weighted by Gasteiger charge is -2.28. The summed E-state index contributed by atoms with van der Waals surface area (Å²) >= 11 is 6.31. The molecular formula is C30H34ClN5O4. The fraction of sp³-hybridized carbons (Fsp3) is 0.400. The number of aliphatic hydroxyl groups excluding tert-OH is 1. The molecule has 0 aliphatic carbocycles. The fourth-order valence-electron chi connectivity index (χ4n) is 5.44. The number of aliphatic hydroxyl groups is 2. The number of rotatable bonds is 10. The van der Waals surface area contributed by atoms with Gasteiger partial charge in [0.2, 0.25) is 5.91 Å². The van der Waals surface area contributed by atoms with Gasteiger partial charge in [-0.15, -0.1) is 5.10 Å². The molecule has 40 heavy (non-hydrogen) atoms. The number of fused-ring (bicyclic) bond motifs is 1. The standard InChI is InChI=1S/C30H34ClN5O4/c1-21(6-2-4-15-34-20-24(14-17-37)32-33-34)30(40)26-18-23(31)10-13-27(26)36(29(30)39)19-22-8-11-25(12-9-22)35-16-5-3-7-28(35)38/h2,6,8-13,18,20-21,37,40H,3-5,7,14-17,19H2,1H3/b6-2+/t21-,30+/m1/s1. The van der Waals surface area contributed by atoms with Gasteiger partial charge in [0.25, 0.3) is 5.91 Å². The molecule has 0 saturated carbocycles. The Morgan fingerprint density at radius 2 is 1.95 bits per heavy atom. The minimum atomic E-state index is -1.77. The zero-order chi connectivity index (χ0) is 28.3. The van der Waals surface area contributed by atoms with Crippen molar-refractivity contribution < 1.29 is 19.8 Å². The molecule has 5 rings (SSSR count). The number of piperidine rings is 1. The first-order valence-electron chi connectivity index (χ1n) is 13.7. The summed E-state index contributed by atoms with van der Waals surface area (Å²) in [5, 5.41) is 29.5. The van der Waals surface area contributed by atoms with E-state index in [1.54, 1.807) is 34.0 Å². The maximum absolute atomic E-state index is 13.8. The summed E-state index contributed by atoms with van der Waals surface area (Å²) in [4.78, 5) is 29.5. The Hall–Kier alpha value is -3.53. The maximum atomic E-state index is 13.8. The molecule has 210 valence electrons. The molecule has 0 bridgehead atoms. The quantitative estimate of drug-likeness (QED) is 0.361. The van der Waals surface area contributed by atoms with E-state index in [4.69, 9.17) is 16.7 Å². The third-order valence-corrected chi connectivity index (χ3v) is 7.94. The Labute approximate surface area is 238 Å². The van der Waals surface area contributed by atoms with E-state index in [9.17, 15) is 14.7 Å². The van der Waals surface area contributed by atoms with E-state index >= 15 is 0 Å². The van der Waals surface area contributed by atoms with Gasteiger partial charge in [0.05, 0.1) is 17.9 Å². The molecule has 3 heterocycles. The van der Waals surface area contributed by atoms with Gasteiger partial charge in [0.1, 0.15) is 0 Å². The fourth-order valence-corrected chi connectivity index (χ4v) is 5.61. The van der Waals surface area contributed by atoms with Crippen molar-refractivity contribution in [2.24, 2.45) is 5.92 Å². The van der Waals surface area contributed by atoms with Crippen molar-refractivity contribution in [3.63, 3.8) is 0 Å². The van der Waals surface area contributed by atoms with Gasteiger partial charge in [-0.2, -0.15) is 0 Å². The monoisotopic (exact) mass is 563 g/mol. The molecule has 1 aromatic heterocycles. The van der Waals surface area contributed by atoms with Crippen LogP contribution < -0.4 is 9.80 Å². The van der Waals surface area contributed by atoms with Crippen LogP contribution >= 0.6 is 11.6 Å². The summed E-state index contributed by atoms with van der Waals surface area (Å²) < 4.78 is 1.71. The summed E-state index contributed by atoms with van der Waals surface area (Å²) in [6.45, 7) is 3.43. The number of anilines is 2. The van der Waals surface area contributed by atoms with Gasteiger partial charge in [-0.05, 0) is 55.2 Å². The van der Waals surface area contributed by atoms with E-state index in [0.29, 0.717) is 42.1 Å². The molecule has 1 saturated heterocycles. The van der Waals surface area contributed by atoms with Gasteiger partial charge in [-0.1, -0.05) is 48.0 Å². The van der Waals surface area contributed by atoms with Gasteiger partial charge in [-0.3, -0.25) is 14.3 Å². The summed E-state index contributed by atoms with van der Waals surface area (Å²) in [5.74, 6) is -0.781. The van der Waals surface area contributed by atoms with Crippen molar-refractivity contribution in [1.29, 1.82) is 0 Å². The third kappa shape index (κ3) is 5.54. The second-order valence-corrected chi connectivity index (χ2v) is 10.9. The topological polar surface area (TPSA) is 112 Å².